The van der Waals surface area contributed by atoms with Crippen molar-refractivity contribution < 1.29 is 24.0 Å². The fraction of sp³-hybridized carbons (Fsp3) is 0.125. The fourth-order valence-corrected chi connectivity index (χ4v) is 1.97. The normalized spacial score (nSPS) is 9.92. The number of hydrogen-bond donors (Lipinski definition) is 1. The molecule has 0 fully saturated rings. The lowest BCUT2D eigenvalue weighted by Crippen LogP contribution is -2.13. The van der Waals surface area contributed by atoms with Crippen LogP contribution < -0.4 is 10.1 Å². The number of nitrogens with zero attached hydrogens (tertiary/aromatic N) is 1. The van der Waals surface area contributed by atoms with E-state index >= 15 is 0 Å². The van der Waals surface area contributed by atoms with Crippen molar-refractivity contribution in [1.29, 1.82) is 0 Å². The molecule has 0 saturated carbocycles. The van der Waals surface area contributed by atoms with E-state index in [4.69, 9.17) is 4.74 Å². The molecule has 0 aliphatic carbocycles. The first-order valence-electron chi connectivity index (χ1n) is 6.78. The summed E-state index contributed by atoms with van der Waals surface area (Å²) in [7, 11) is 2.61. The number of carbonyl (C=O) groups is 2. The first-order valence-corrected chi connectivity index (χ1v) is 6.78. The fourth-order valence-electron chi connectivity index (χ4n) is 1.97. The Bertz CT molecular complexity index is 786. The topological polar surface area (TPSA) is 108 Å². The highest BCUT2D eigenvalue weighted by atomic mass is 16.6. The quantitative estimate of drug-likeness (QED) is 0.513. The maximum atomic E-state index is 12.2. The van der Waals surface area contributed by atoms with E-state index in [0.717, 1.165) is 0 Å². The smallest absolute Gasteiger partial charge is 0.337 e. The molecule has 0 spiro atoms. The minimum absolute atomic E-state index is 0.146. The minimum Gasteiger partial charge on any atom is -0.494 e. The lowest BCUT2D eigenvalue weighted by atomic mass is 10.1. The average Bonchev–Trinajstić information content (AvgIpc) is 2.61. The molecule has 1 amide bonds. The summed E-state index contributed by atoms with van der Waals surface area (Å²) < 4.78 is 9.64. The van der Waals surface area contributed by atoms with Gasteiger partial charge in [-0.3, -0.25) is 14.9 Å². The van der Waals surface area contributed by atoms with Crippen molar-refractivity contribution in [3.8, 4) is 5.75 Å². The molecule has 0 aromatic heterocycles. The van der Waals surface area contributed by atoms with Gasteiger partial charge < -0.3 is 14.8 Å². The van der Waals surface area contributed by atoms with Crippen LogP contribution in [0.1, 0.15) is 20.7 Å². The summed E-state index contributed by atoms with van der Waals surface area (Å²) in [5.41, 5.74) is 0.780. The summed E-state index contributed by atoms with van der Waals surface area (Å²) in [5, 5.41) is 13.4. The largest absolute Gasteiger partial charge is 0.494 e. The van der Waals surface area contributed by atoms with Gasteiger partial charge in [-0.15, -0.1) is 0 Å². The lowest BCUT2D eigenvalue weighted by molar-refractivity contribution is -0.384. The van der Waals surface area contributed by atoms with Crippen molar-refractivity contribution in [3.63, 3.8) is 0 Å². The van der Waals surface area contributed by atoms with Gasteiger partial charge >= 0.3 is 5.97 Å². The number of nitro groups is 1. The molecule has 0 radical (unpaired) electrons. The summed E-state index contributed by atoms with van der Waals surface area (Å²) in [5.74, 6) is -0.777. The van der Waals surface area contributed by atoms with Gasteiger partial charge in [-0.25, -0.2) is 4.79 Å². The number of ether oxygens (including phenoxy) is 2. The third-order valence-corrected chi connectivity index (χ3v) is 3.21. The van der Waals surface area contributed by atoms with Crippen LogP contribution in [-0.2, 0) is 4.74 Å². The van der Waals surface area contributed by atoms with Crippen molar-refractivity contribution in [2.75, 3.05) is 19.5 Å². The van der Waals surface area contributed by atoms with E-state index < -0.39 is 16.8 Å². The van der Waals surface area contributed by atoms with Crippen LogP contribution in [0, 0.1) is 10.1 Å². The molecule has 0 atom stereocenters. The van der Waals surface area contributed by atoms with E-state index in [1.807, 2.05) is 0 Å². The van der Waals surface area contributed by atoms with Crippen molar-refractivity contribution >= 4 is 23.3 Å². The predicted octanol–water partition coefficient (Wildman–Crippen LogP) is 2.64. The Hall–Kier alpha value is -3.42. The summed E-state index contributed by atoms with van der Waals surface area (Å²) in [4.78, 5) is 33.8. The predicted molar refractivity (Wildman–Crippen MR) is 85.4 cm³/mol. The number of hydrogen-bond acceptors (Lipinski definition) is 6. The Labute approximate surface area is 137 Å². The molecule has 124 valence electrons. The molecule has 0 bridgehead atoms. The van der Waals surface area contributed by atoms with Crippen LogP contribution >= 0.6 is 0 Å². The Morgan fingerprint density at radius 2 is 1.67 bits per heavy atom. The molecular formula is C16H14N2O6. The minimum atomic E-state index is -0.556. The third-order valence-electron chi connectivity index (χ3n) is 3.21. The second-order valence-electron chi connectivity index (χ2n) is 4.66. The van der Waals surface area contributed by atoms with Gasteiger partial charge in [0.15, 0.2) is 0 Å². The summed E-state index contributed by atoms with van der Waals surface area (Å²) in [6, 6.07) is 9.74. The summed E-state index contributed by atoms with van der Waals surface area (Å²) in [6.45, 7) is 0. The Morgan fingerprint density at radius 1 is 1.04 bits per heavy atom. The highest BCUT2D eigenvalue weighted by molar-refractivity contribution is 6.05. The van der Waals surface area contributed by atoms with E-state index in [1.54, 1.807) is 0 Å². The number of nitrogens with one attached hydrogen (secondary N) is 1. The highest BCUT2D eigenvalue weighted by Gasteiger charge is 2.15. The van der Waals surface area contributed by atoms with Gasteiger partial charge in [0, 0.05) is 11.6 Å². The van der Waals surface area contributed by atoms with Crippen LogP contribution in [0.4, 0.5) is 11.4 Å². The zero-order chi connectivity index (χ0) is 17.7. The van der Waals surface area contributed by atoms with Crippen LogP contribution in [0.3, 0.4) is 0 Å². The van der Waals surface area contributed by atoms with Gasteiger partial charge in [-0.1, -0.05) is 0 Å². The number of carbonyl (C=O) groups excluding carboxylic acids is 2. The zero-order valence-corrected chi connectivity index (χ0v) is 12.9. The van der Waals surface area contributed by atoms with Crippen molar-refractivity contribution in [3.05, 3.63) is 63.7 Å². The monoisotopic (exact) mass is 330 g/mol. The molecule has 8 nitrogen and oxygen atoms in total. The van der Waals surface area contributed by atoms with Crippen LogP contribution in [0.15, 0.2) is 42.5 Å². The van der Waals surface area contributed by atoms with Gasteiger partial charge in [0.1, 0.15) is 5.75 Å². The number of non-ortho nitro benzene ring substituents is 1. The van der Waals surface area contributed by atoms with Gasteiger partial charge in [0.05, 0.1) is 36.5 Å². The molecule has 2 aromatic carbocycles. The number of nitro benzene ring substituents is 1. The van der Waals surface area contributed by atoms with Crippen molar-refractivity contribution in [1.82, 2.24) is 0 Å². The first-order chi connectivity index (χ1) is 11.5. The molecule has 0 saturated heterocycles. The van der Waals surface area contributed by atoms with E-state index in [9.17, 15) is 19.7 Å². The Morgan fingerprint density at radius 3 is 2.21 bits per heavy atom. The molecule has 8 heteroatoms. The SMILES string of the molecule is COC(=O)c1ccc(C(=O)Nc2ccc([N+](=O)[O-])cc2OC)cc1. The summed E-state index contributed by atoms with van der Waals surface area (Å²) in [6.07, 6.45) is 0. The van der Waals surface area contributed by atoms with Crippen LogP contribution in [0.2, 0.25) is 0 Å². The molecule has 24 heavy (non-hydrogen) atoms. The maximum Gasteiger partial charge on any atom is 0.337 e. The number of methoxy groups -OCH3 is 2. The van der Waals surface area contributed by atoms with E-state index in [2.05, 4.69) is 10.1 Å². The maximum absolute atomic E-state index is 12.2. The molecule has 1 N–H and O–H groups in total. The highest BCUT2D eigenvalue weighted by Crippen LogP contribution is 2.29. The molecule has 2 rings (SSSR count). The number of amides is 1. The van der Waals surface area contributed by atoms with E-state index in [1.165, 1.54) is 56.7 Å². The second-order valence-corrected chi connectivity index (χ2v) is 4.66. The standard InChI is InChI=1S/C16H14N2O6/c1-23-14-9-12(18(21)22)7-8-13(14)17-15(19)10-3-5-11(6-4-10)16(20)24-2/h3-9H,1-2H3,(H,17,19). The van der Waals surface area contributed by atoms with Gasteiger partial charge in [0.25, 0.3) is 11.6 Å². The summed E-state index contributed by atoms with van der Waals surface area (Å²) >= 11 is 0. The van der Waals surface area contributed by atoms with Crippen molar-refractivity contribution in [2.45, 2.75) is 0 Å². The number of esters is 1. The van der Waals surface area contributed by atoms with Crippen LogP contribution in [0.25, 0.3) is 0 Å². The first kappa shape index (κ1) is 16.9. The third kappa shape index (κ3) is 3.67. The Balaban J connectivity index is 2.20. The van der Waals surface area contributed by atoms with Crippen LogP contribution in [-0.4, -0.2) is 31.0 Å². The van der Waals surface area contributed by atoms with E-state index in [0.29, 0.717) is 16.8 Å². The van der Waals surface area contributed by atoms with Gasteiger partial charge in [-0.2, -0.15) is 0 Å². The molecule has 0 aliphatic heterocycles. The van der Waals surface area contributed by atoms with Gasteiger partial charge in [0.2, 0.25) is 0 Å². The molecular weight excluding hydrogens is 316 g/mol. The molecule has 2 aromatic rings. The van der Waals surface area contributed by atoms with Crippen molar-refractivity contribution in [2.24, 2.45) is 0 Å². The number of anilines is 1. The average molecular weight is 330 g/mol. The van der Waals surface area contributed by atoms with Gasteiger partial charge in [-0.05, 0) is 30.3 Å². The lowest BCUT2D eigenvalue weighted by Gasteiger charge is -2.10. The molecule has 0 aliphatic rings. The molecule has 0 unspecified atom stereocenters. The van der Waals surface area contributed by atoms with E-state index in [-0.39, 0.29) is 11.4 Å². The second kappa shape index (κ2) is 7.23. The Kier molecular flexibility index (Phi) is 5.10. The zero-order valence-electron chi connectivity index (χ0n) is 12.9. The van der Waals surface area contributed by atoms with Crippen LogP contribution in [0.5, 0.6) is 5.75 Å². The molecule has 0 heterocycles. The number of benzene rings is 2. The number of rotatable bonds is 5.